The third-order valence-electron chi connectivity index (χ3n) is 4.74. The number of aryl methyl sites for hydroxylation is 2. The number of nitrogens with zero attached hydrogens (tertiary/aromatic N) is 1. The first-order valence-corrected chi connectivity index (χ1v) is 12.0. The van der Waals surface area contributed by atoms with Crippen LogP contribution in [0.1, 0.15) is 21.5 Å². The number of sulfonamides is 1. The number of morpholine rings is 1. The molecule has 0 aliphatic carbocycles. The summed E-state index contributed by atoms with van der Waals surface area (Å²) in [7, 11) is -3.63. The number of nitrogens with one attached hydrogen (secondary N) is 1. The molecule has 2 aromatic rings. The summed E-state index contributed by atoms with van der Waals surface area (Å²) in [4.78, 5) is 13.9. The van der Waals surface area contributed by atoms with E-state index in [0.29, 0.717) is 38.4 Å². The predicted octanol–water partition coefficient (Wildman–Crippen LogP) is 2.85. The van der Waals surface area contributed by atoms with Gasteiger partial charge in [-0.3, -0.25) is 4.79 Å². The van der Waals surface area contributed by atoms with Gasteiger partial charge in [0.25, 0.3) is 5.91 Å². The normalized spacial score (nSPS) is 15.2. The molecule has 0 saturated carbocycles. The molecule has 3 rings (SSSR count). The number of hydrogen-bond donors (Lipinski definition) is 1. The zero-order valence-corrected chi connectivity index (χ0v) is 18.3. The topological polar surface area (TPSA) is 75.7 Å². The average Bonchev–Trinajstić information content (AvgIpc) is 2.73. The molecule has 1 saturated heterocycles. The lowest BCUT2D eigenvalue weighted by molar-refractivity contribution is 0.0730. The molecule has 1 heterocycles. The van der Waals surface area contributed by atoms with Crippen molar-refractivity contribution in [3.05, 3.63) is 59.2 Å². The van der Waals surface area contributed by atoms with E-state index in [1.54, 1.807) is 30.8 Å². The van der Waals surface area contributed by atoms with Gasteiger partial charge in [0.2, 0.25) is 10.0 Å². The Bertz CT molecular complexity index is 953. The van der Waals surface area contributed by atoms with Gasteiger partial charge in [0.05, 0.1) is 18.1 Å². The number of carbonyl (C=O) groups is 1. The van der Waals surface area contributed by atoms with E-state index in [2.05, 4.69) is 29.6 Å². The second-order valence-electron chi connectivity index (χ2n) is 6.91. The number of carbonyl (C=O) groups excluding carboxylic acids is 1. The van der Waals surface area contributed by atoms with Crippen molar-refractivity contribution < 1.29 is 17.9 Å². The molecule has 156 valence electrons. The quantitative estimate of drug-likeness (QED) is 0.536. The van der Waals surface area contributed by atoms with E-state index < -0.39 is 10.0 Å². The van der Waals surface area contributed by atoms with Crippen molar-refractivity contribution in [3.63, 3.8) is 0 Å². The molecule has 1 N–H and O–H groups in total. The Hall–Kier alpha value is -1.87. The van der Waals surface area contributed by atoms with Crippen LogP contribution in [0, 0.1) is 13.8 Å². The van der Waals surface area contributed by atoms with Crippen LogP contribution in [0.3, 0.4) is 0 Å². The molecular formula is C21H26N2O4S2. The second kappa shape index (κ2) is 9.75. The largest absolute Gasteiger partial charge is 0.379 e. The molecule has 8 heteroatoms. The van der Waals surface area contributed by atoms with Crippen molar-refractivity contribution in [1.82, 2.24) is 9.62 Å². The van der Waals surface area contributed by atoms with Crippen molar-refractivity contribution in [1.29, 1.82) is 0 Å². The SMILES string of the molecule is Cc1ccc(SCCNC(=O)c2cc(S(=O)(=O)N3CCOCC3)ccc2C)cc1. The Labute approximate surface area is 176 Å². The predicted molar refractivity (Wildman–Crippen MR) is 115 cm³/mol. The summed E-state index contributed by atoms with van der Waals surface area (Å²) in [6, 6.07) is 13.0. The summed E-state index contributed by atoms with van der Waals surface area (Å²) >= 11 is 1.67. The van der Waals surface area contributed by atoms with Crippen molar-refractivity contribution >= 4 is 27.7 Å². The average molecular weight is 435 g/mol. The highest BCUT2D eigenvalue weighted by molar-refractivity contribution is 7.99. The standard InChI is InChI=1S/C21H26N2O4S2/c1-16-3-6-18(7-4-16)28-14-9-22-21(24)20-15-19(8-5-17(20)2)29(25,26)23-10-12-27-13-11-23/h3-8,15H,9-14H2,1-2H3,(H,22,24). The van der Waals surface area contributed by atoms with E-state index in [-0.39, 0.29) is 10.8 Å². The van der Waals surface area contributed by atoms with Crippen LogP contribution in [0.5, 0.6) is 0 Å². The monoisotopic (exact) mass is 434 g/mol. The molecule has 6 nitrogen and oxygen atoms in total. The highest BCUT2D eigenvalue weighted by Gasteiger charge is 2.27. The fraction of sp³-hybridized carbons (Fsp3) is 0.381. The maximum absolute atomic E-state index is 12.8. The van der Waals surface area contributed by atoms with Crippen LogP contribution < -0.4 is 5.32 Å². The molecule has 0 bridgehead atoms. The summed E-state index contributed by atoms with van der Waals surface area (Å²) in [5.74, 6) is 0.477. The molecule has 0 spiro atoms. The fourth-order valence-corrected chi connectivity index (χ4v) is 5.21. The van der Waals surface area contributed by atoms with E-state index in [1.165, 1.54) is 15.9 Å². The van der Waals surface area contributed by atoms with Crippen molar-refractivity contribution in [2.24, 2.45) is 0 Å². The highest BCUT2D eigenvalue weighted by atomic mass is 32.2. The minimum atomic E-state index is -3.63. The lowest BCUT2D eigenvalue weighted by Crippen LogP contribution is -2.40. The molecule has 0 aromatic heterocycles. The molecule has 1 aliphatic rings. The van der Waals surface area contributed by atoms with Crippen LogP contribution >= 0.6 is 11.8 Å². The van der Waals surface area contributed by atoms with Gasteiger partial charge in [-0.2, -0.15) is 4.31 Å². The smallest absolute Gasteiger partial charge is 0.251 e. The molecular weight excluding hydrogens is 408 g/mol. The molecule has 1 fully saturated rings. The van der Waals surface area contributed by atoms with Crippen molar-refractivity contribution in [2.75, 3.05) is 38.6 Å². The summed E-state index contributed by atoms with van der Waals surface area (Å²) in [6.45, 7) is 5.78. The second-order valence-corrected chi connectivity index (χ2v) is 10.0. The number of ether oxygens (including phenoxy) is 1. The number of amides is 1. The van der Waals surface area contributed by atoms with Crippen molar-refractivity contribution in [2.45, 2.75) is 23.6 Å². The van der Waals surface area contributed by atoms with Crippen LogP contribution in [0.2, 0.25) is 0 Å². The van der Waals surface area contributed by atoms with Gasteiger partial charge in [0.1, 0.15) is 0 Å². The van der Waals surface area contributed by atoms with Gasteiger partial charge in [0, 0.05) is 35.8 Å². The summed E-state index contributed by atoms with van der Waals surface area (Å²) < 4.78 is 32.3. The molecule has 2 aromatic carbocycles. The van der Waals surface area contributed by atoms with E-state index in [0.717, 1.165) is 16.2 Å². The Morgan fingerprint density at radius 3 is 2.48 bits per heavy atom. The van der Waals surface area contributed by atoms with Crippen molar-refractivity contribution in [3.8, 4) is 0 Å². The minimum Gasteiger partial charge on any atom is -0.379 e. The summed E-state index contributed by atoms with van der Waals surface area (Å²) in [5, 5.41) is 2.89. The molecule has 0 atom stereocenters. The molecule has 29 heavy (non-hydrogen) atoms. The lowest BCUT2D eigenvalue weighted by atomic mass is 10.1. The molecule has 0 unspecified atom stereocenters. The molecule has 0 radical (unpaired) electrons. The molecule has 1 aliphatic heterocycles. The van der Waals surface area contributed by atoms with Gasteiger partial charge < -0.3 is 10.1 Å². The van der Waals surface area contributed by atoms with Gasteiger partial charge >= 0.3 is 0 Å². The maximum atomic E-state index is 12.8. The number of hydrogen-bond acceptors (Lipinski definition) is 5. The van der Waals surface area contributed by atoms with E-state index in [9.17, 15) is 13.2 Å². The summed E-state index contributed by atoms with van der Waals surface area (Å²) in [6.07, 6.45) is 0. The number of benzene rings is 2. The van der Waals surface area contributed by atoms with E-state index in [4.69, 9.17) is 4.74 Å². The Morgan fingerprint density at radius 1 is 1.10 bits per heavy atom. The minimum absolute atomic E-state index is 0.143. The van der Waals surface area contributed by atoms with Gasteiger partial charge in [-0.1, -0.05) is 23.8 Å². The summed E-state index contributed by atoms with van der Waals surface area (Å²) in [5.41, 5.74) is 2.35. The highest BCUT2D eigenvalue weighted by Crippen LogP contribution is 2.21. The fourth-order valence-electron chi connectivity index (χ4n) is 3.01. The van der Waals surface area contributed by atoms with Crippen LogP contribution in [-0.4, -0.2) is 57.2 Å². The van der Waals surface area contributed by atoms with Gasteiger partial charge in [-0.05, 0) is 43.7 Å². The third-order valence-corrected chi connectivity index (χ3v) is 7.65. The van der Waals surface area contributed by atoms with Crippen LogP contribution in [0.4, 0.5) is 0 Å². The third kappa shape index (κ3) is 5.60. The zero-order valence-electron chi connectivity index (χ0n) is 16.7. The lowest BCUT2D eigenvalue weighted by Gasteiger charge is -2.26. The Kier molecular flexibility index (Phi) is 7.34. The number of rotatable bonds is 7. The zero-order chi connectivity index (χ0) is 20.9. The van der Waals surface area contributed by atoms with Crippen LogP contribution in [0.25, 0.3) is 0 Å². The van der Waals surface area contributed by atoms with Crippen LogP contribution in [0.15, 0.2) is 52.3 Å². The first-order valence-electron chi connectivity index (χ1n) is 9.54. The Balaban J connectivity index is 1.62. The number of thioether (sulfide) groups is 1. The van der Waals surface area contributed by atoms with Gasteiger partial charge in [-0.25, -0.2) is 8.42 Å². The maximum Gasteiger partial charge on any atom is 0.251 e. The van der Waals surface area contributed by atoms with E-state index >= 15 is 0 Å². The molecule has 1 amide bonds. The van der Waals surface area contributed by atoms with E-state index in [1.807, 2.05) is 6.92 Å². The first kappa shape index (κ1) is 21.8. The Morgan fingerprint density at radius 2 is 1.79 bits per heavy atom. The van der Waals surface area contributed by atoms with Gasteiger partial charge in [-0.15, -0.1) is 11.8 Å². The van der Waals surface area contributed by atoms with Crippen LogP contribution in [-0.2, 0) is 14.8 Å². The van der Waals surface area contributed by atoms with Gasteiger partial charge in [0.15, 0.2) is 0 Å². The first-order chi connectivity index (χ1) is 13.9.